The molecule has 3 rings (SSSR count). The van der Waals surface area contributed by atoms with Gasteiger partial charge in [-0.2, -0.15) is 0 Å². The number of fused-ring (bicyclic) bond motifs is 1. The molecule has 2 aromatic heterocycles. The van der Waals surface area contributed by atoms with E-state index in [2.05, 4.69) is 15.0 Å². The van der Waals surface area contributed by atoms with Crippen molar-refractivity contribution in [1.29, 1.82) is 0 Å². The Balaban J connectivity index is 2.25. The van der Waals surface area contributed by atoms with Crippen LogP contribution in [0.3, 0.4) is 0 Å². The maximum absolute atomic E-state index is 14.1. The third-order valence-corrected chi connectivity index (χ3v) is 3.47. The van der Waals surface area contributed by atoms with E-state index in [9.17, 15) is 13.6 Å². The van der Waals surface area contributed by atoms with E-state index in [1.165, 1.54) is 25.5 Å². The van der Waals surface area contributed by atoms with Gasteiger partial charge < -0.3 is 4.98 Å². The van der Waals surface area contributed by atoms with Crippen molar-refractivity contribution in [2.24, 2.45) is 0 Å². The Kier molecular flexibility index (Phi) is 3.17. The molecule has 7 heteroatoms. The third kappa shape index (κ3) is 2.08. The van der Waals surface area contributed by atoms with Crippen molar-refractivity contribution in [3.63, 3.8) is 0 Å². The second-order valence-electron chi connectivity index (χ2n) is 4.47. The van der Waals surface area contributed by atoms with E-state index in [0.29, 0.717) is 5.65 Å². The van der Waals surface area contributed by atoms with Crippen molar-refractivity contribution >= 4 is 28.4 Å². The van der Waals surface area contributed by atoms with E-state index in [4.69, 9.17) is 11.6 Å². The van der Waals surface area contributed by atoms with Gasteiger partial charge in [-0.05, 0) is 18.6 Å². The van der Waals surface area contributed by atoms with Crippen molar-refractivity contribution in [2.75, 3.05) is 0 Å². The second kappa shape index (κ2) is 4.89. The van der Waals surface area contributed by atoms with Crippen LogP contribution in [0.25, 0.3) is 11.0 Å². The molecule has 0 fully saturated rings. The number of aryl methyl sites for hydroxylation is 1. The summed E-state index contributed by atoms with van der Waals surface area (Å²) in [5, 5.41) is 0.280. The van der Waals surface area contributed by atoms with Crippen LogP contribution in [0.5, 0.6) is 0 Å². The number of ketones is 1. The molecule has 0 atom stereocenters. The molecule has 0 radical (unpaired) electrons. The molecule has 106 valence electrons. The molecule has 0 saturated carbocycles. The number of halogens is 3. The lowest BCUT2D eigenvalue weighted by atomic mass is 10.0. The lowest BCUT2D eigenvalue weighted by Gasteiger charge is -2.06. The van der Waals surface area contributed by atoms with Crippen LogP contribution in [-0.2, 0) is 0 Å². The van der Waals surface area contributed by atoms with E-state index in [1.54, 1.807) is 0 Å². The van der Waals surface area contributed by atoms with Crippen molar-refractivity contribution in [1.82, 2.24) is 15.0 Å². The summed E-state index contributed by atoms with van der Waals surface area (Å²) in [6.07, 6.45) is 2.54. The van der Waals surface area contributed by atoms with E-state index >= 15 is 0 Å². The van der Waals surface area contributed by atoms with Gasteiger partial charge in [0, 0.05) is 6.20 Å². The molecule has 0 aliphatic heterocycles. The van der Waals surface area contributed by atoms with Crippen LogP contribution in [0, 0.1) is 18.6 Å². The van der Waals surface area contributed by atoms with E-state index in [1.807, 2.05) is 0 Å². The fraction of sp³-hybridized carbons (Fsp3) is 0.0714. The molecule has 0 saturated heterocycles. The van der Waals surface area contributed by atoms with Gasteiger partial charge in [0.1, 0.15) is 28.8 Å². The molecule has 0 bridgehead atoms. The molecule has 0 unspecified atom stereocenters. The first-order chi connectivity index (χ1) is 10.0. The number of aromatic amines is 1. The van der Waals surface area contributed by atoms with E-state index in [-0.39, 0.29) is 21.7 Å². The maximum Gasteiger partial charge on any atom is 0.201 e. The van der Waals surface area contributed by atoms with E-state index < -0.39 is 23.0 Å². The number of benzene rings is 1. The van der Waals surface area contributed by atoms with Crippen molar-refractivity contribution in [3.05, 3.63) is 58.1 Å². The highest BCUT2D eigenvalue weighted by atomic mass is 35.5. The predicted molar refractivity (Wildman–Crippen MR) is 73.4 cm³/mol. The average molecular weight is 308 g/mol. The quantitative estimate of drug-likeness (QED) is 0.583. The lowest BCUT2D eigenvalue weighted by molar-refractivity contribution is 0.103. The van der Waals surface area contributed by atoms with Gasteiger partial charge in [-0.15, -0.1) is 0 Å². The number of nitrogens with one attached hydrogen (secondary N) is 1. The second-order valence-corrected chi connectivity index (χ2v) is 4.83. The molecule has 3 aromatic rings. The number of H-pyrrole nitrogens is 1. The Hall–Kier alpha value is -2.34. The van der Waals surface area contributed by atoms with Crippen LogP contribution in [-0.4, -0.2) is 20.7 Å². The topological polar surface area (TPSA) is 58.6 Å². The molecule has 1 aromatic carbocycles. The minimum atomic E-state index is -0.926. The largest absolute Gasteiger partial charge is 0.345 e. The smallest absolute Gasteiger partial charge is 0.201 e. The van der Waals surface area contributed by atoms with Crippen molar-refractivity contribution < 1.29 is 13.6 Å². The summed E-state index contributed by atoms with van der Waals surface area (Å²) in [7, 11) is 0. The summed E-state index contributed by atoms with van der Waals surface area (Å²) in [6.45, 7) is 1.46. The molecule has 0 spiro atoms. The first-order valence-electron chi connectivity index (χ1n) is 5.97. The van der Waals surface area contributed by atoms with Crippen molar-refractivity contribution in [3.8, 4) is 0 Å². The van der Waals surface area contributed by atoms with Crippen LogP contribution in [0.4, 0.5) is 8.78 Å². The van der Waals surface area contributed by atoms with Gasteiger partial charge >= 0.3 is 0 Å². The monoisotopic (exact) mass is 307 g/mol. The molecule has 2 heterocycles. The van der Waals surface area contributed by atoms with Gasteiger partial charge in [0.25, 0.3) is 0 Å². The summed E-state index contributed by atoms with van der Waals surface area (Å²) >= 11 is 5.94. The van der Waals surface area contributed by atoms with Crippen molar-refractivity contribution in [2.45, 2.75) is 6.92 Å². The summed E-state index contributed by atoms with van der Waals surface area (Å²) < 4.78 is 27.9. The number of nitrogens with zero attached hydrogens (tertiary/aromatic N) is 2. The van der Waals surface area contributed by atoms with Gasteiger partial charge in [0.15, 0.2) is 0 Å². The maximum atomic E-state index is 14.1. The van der Waals surface area contributed by atoms with Gasteiger partial charge in [-0.25, -0.2) is 18.7 Å². The first kappa shape index (κ1) is 13.6. The number of carbonyl (C=O) groups excluding carboxylic acids is 1. The Labute approximate surface area is 122 Å². The fourth-order valence-electron chi connectivity index (χ4n) is 2.10. The number of carbonyl (C=O) groups is 1. The number of hydrogen-bond donors (Lipinski definition) is 1. The number of aromatic nitrogens is 3. The van der Waals surface area contributed by atoms with Gasteiger partial charge in [-0.1, -0.05) is 17.7 Å². The Morgan fingerprint density at radius 1 is 1.29 bits per heavy atom. The third-order valence-electron chi connectivity index (χ3n) is 3.18. The lowest BCUT2D eigenvalue weighted by Crippen LogP contribution is -2.08. The minimum absolute atomic E-state index is 0.0269. The average Bonchev–Trinajstić information content (AvgIpc) is 2.88. The summed E-state index contributed by atoms with van der Waals surface area (Å²) in [6, 6.07) is 2.32. The number of hydrogen-bond acceptors (Lipinski definition) is 3. The Morgan fingerprint density at radius 2 is 2.05 bits per heavy atom. The molecule has 21 heavy (non-hydrogen) atoms. The normalized spacial score (nSPS) is 11.0. The zero-order valence-electron chi connectivity index (χ0n) is 10.7. The molecular formula is C14H8ClF2N3O. The predicted octanol–water partition coefficient (Wildman–Crippen LogP) is 3.43. The molecular weight excluding hydrogens is 300 g/mol. The summed E-state index contributed by atoms with van der Waals surface area (Å²) in [5.74, 6) is -2.62. The van der Waals surface area contributed by atoms with Gasteiger partial charge in [-0.3, -0.25) is 4.79 Å². The SMILES string of the molecule is Cc1ccc(F)c(C(=O)c2c[nH]c3ncnc(Cl)c23)c1F. The summed E-state index contributed by atoms with van der Waals surface area (Å²) in [4.78, 5) is 22.9. The molecule has 1 N–H and O–H groups in total. The van der Waals surface area contributed by atoms with Gasteiger partial charge in [0.2, 0.25) is 5.78 Å². The van der Waals surface area contributed by atoms with Crippen LogP contribution in [0.15, 0.2) is 24.7 Å². The molecule has 0 aliphatic rings. The zero-order chi connectivity index (χ0) is 15.1. The highest BCUT2D eigenvalue weighted by molar-refractivity contribution is 6.36. The minimum Gasteiger partial charge on any atom is -0.345 e. The Morgan fingerprint density at radius 3 is 2.81 bits per heavy atom. The van der Waals surface area contributed by atoms with E-state index in [0.717, 1.165) is 6.07 Å². The highest BCUT2D eigenvalue weighted by Gasteiger charge is 2.24. The molecule has 4 nitrogen and oxygen atoms in total. The van der Waals surface area contributed by atoms with Crippen LogP contribution in [0.1, 0.15) is 21.5 Å². The first-order valence-corrected chi connectivity index (χ1v) is 6.35. The fourth-order valence-corrected chi connectivity index (χ4v) is 2.34. The Bertz CT molecular complexity index is 876. The zero-order valence-corrected chi connectivity index (χ0v) is 11.5. The molecule has 0 aliphatic carbocycles. The van der Waals surface area contributed by atoms with Crippen LogP contribution in [0.2, 0.25) is 5.15 Å². The van der Waals surface area contributed by atoms with Gasteiger partial charge in [0.05, 0.1) is 16.5 Å². The molecule has 0 amide bonds. The highest BCUT2D eigenvalue weighted by Crippen LogP contribution is 2.27. The summed E-state index contributed by atoms with van der Waals surface area (Å²) in [5.41, 5.74) is -0.0800. The van der Waals surface area contributed by atoms with Crippen LogP contribution >= 0.6 is 11.6 Å². The number of rotatable bonds is 2. The standard InChI is InChI=1S/C14H8ClF2N3O/c1-6-2-3-8(16)10(11(6)17)12(21)7-4-18-14-9(7)13(15)19-5-20-14/h2-5H,1H3,(H,18,19,20). The van der Waals surface area contributed by atoms with Crippen LogP contribution < -0.4 is 0 Å².